The van der Waals surface area contributed by atoms with Crippen molar-refractivity contribution in [3.63, 3.8) is 0 Å². The van der Waals surface area contributed by atoms with Gasteiger partial charge in [0.2, 0.25) is 0 Å². The molecule has 2 N–H and O–H groups in total. The topological polar surface area (TPSA) is 63.4 Å². The number of rotatable bonds is 3. The van der Waals surface area contributed by atoms with Crippen LogP contribution in [0.1, 0.15) is 17.5 Å². The summed E-state index contributed by atoms with van der Waals surface area (Å²) in [6.45, 7) is 1.97. The number of hydrogen-bond acceptors (Lipinski definition) is 4. The number of halogens is 1. The molecule has 20 heavy (non-hydrogen) atoms. The van der Waals surface area contributed by atoms with Crippen molar-refractivity contribution in [1.29, 1.82) is 0 Å². The molecule has 0 amide bonds. The first kappa shape index (κ1) is 15.7. The van der Waals surface area contributed by atoms with E-state index in [0.717, 1.165) is 17.7 Å². The number of nitrogens with zero attached hydrogens (tertiary/aromatic N) is 1. The van der Waals surface area contributed by atoms with Gasteiger partial charge < -0.3 is 5.73 Å². The van der Waals surface area contributed by atoms with E-state index >= 15 is 0 Å². The fraction of sp³-hybridized carbons (Fsp3) is 0.462. The van der Waals surface area contributed by atoms with E-state index in [1.807, 2.05) is 12.1 Å². The van der Waals surface area contributed by atoms with Crippen molar-refractivity contribution in [2.75, 3.05) is 24.6 Å². The minimum Gasteiger partial charge on any atom is -0.389 e. The molecule has 0 unspecified atom stereocenters. The Morgan fingerprint density at radius 1 is 1.35 bits per heavy atom. The molecule has 0 saturated carbocycles. The van der Waals surface area contributed by atoms with Gasteiger partial charge in [0.15, 0.2) is 9.84 Å². The zero-order valence-corrected chi connectivity index (χ0v) is 13.4. The van der Waals surface area contributed by atoms with Gasteiger partial charge in [0, 0.05) is 23.7 Å². The molecular weight excluding hydrogens is 316 g/mol. The van der Waals surface area contributed by atoms with Crippen LogP contribution in [0, 0.1) is 0 Å². The van der Waals surface area contributed by atoms with Gasteiger partial charge in [-0.1, -0.05) is 36.0 Å². The van der Waals surface area contributed by atoms with Crippen LogP contribution in [0.5, 0.6) is 0 Å². The van der Waals surface area contributed by atoms with Crippen LogP contribution in [-0.4, -0.2) is 42.9 Å². The van der Waals surface area contributed by atoms with E-state index in [1.165, 1.54) is 0 Å². The lowest BCUT2D eigenvalue weighted by molar-refractivity contribution is 0.287. The fourth-order valence-electron chi connectivity index (χ4n) is 2.22. The highest BCUT2D eigenvalue weighted by molar-refractivity contribution is 7.91. The predicted octanol–water partition coefficient (Wildman–Crippen LogP) is 1.59. The first-order chi connectivity index (χ1) is 9.37. The average Bonchev–Trinajstić information content (AvgIpc) is 2.53. The van der Waals surface area contributed by atoms with Crippen LogP contribution >= 0.6 is 23.8 Å². The minimum atomic E-state index is -2.88. The van der Waals surface area contributed by atoms with Gasteiger partial charge in [0.25, 0.3) is 0 Å². The number of nitrogens with two attached hydrogens (primary N) is 1. The summed E-state index contributed by atoms with van der Waals surface area (Å²) in [6, 6.07) is 5.50. The second kappa shape index (κ2) is 6.39. The Bertz CT molecular complexity index is 617. The third-order valence-corrected chi connectivity index (χ3v) is 5.68. The van der Waals surface area contributed by atoms with Gasteiger partial charge in [-0.3, -0.25) is 4.90 Å². The highest BCUT2D eigenvalue weighted by Gasteiger charge is 2.19. The molecule has 0 aliphatic carbocycles. The van der Waals surface area contributed by atoms with E-state index in [1.54, 1.807) is 6.07 Å². The molecular formula is C13H17ClN2O2S2. The molecule has 1 saturated heterocycles. The van der Waals surface area contributed by atoms with Crippen LogP contribution in [0.15, 0.2) is 18.2 Å². The molecule has 1 aromatic carbocycles. The van der Waals surface area contributed by atoms with Crippen LogP contribution in [-0.2, 0) is 16.4 Å². The van der Waals surface area contributed by atoms with Crippen molar-refractivity contribution in [3.05, 3.63) is 34.3 Å². The summed E-state index contributed by atoms with van der Waals surface area (Å²) in [6.07, 6.45) is 0.672. The maximum absolute atomic E-state index is 11.6. The van der Waals surface area contributed by atoms with Crippen molar-refractivity contribution >= 4 is 38.6 Å². The molecule has 1 aliphatic rings. The summed E-state index contributed by atoms with van der Waals surface area (Å²) < 4.78 is 23.1. The fourth-order valence-corrected chi connectivity index (χ4v) is 3.89. The molecule has 0 bridgehead atoms. The van der Waals surface area contributed by atoms with Crippen LogP contribution in [0.25, 0.3) is 0 Å². The van der Waals surface area contributed by atoms with Gasteiger partial charge in [0.05, 0.1) is 11.5 Å². The summed E-state index contributed by atoms with van der Waals surface area (Å²) >= 11 is 11.1. The minimum absolute atomic E-state index is 0.218. The number of thiocarbonyl (C=S) groups is 1. The van der Waals surface area contributed by atoms with Crippen molar-refractivity contribution in [3.8, 4) is 0 Å². The van der Waals surface area contributed by atoms with E-state index in [-0.39, 0.29) is 11.5 Å². The largest absolute Gasteiger partial charge is 0.389 e. The van der Waals surface area contributed by atoms with Gasteiger partial charge >= 0.3 is 0 Å². The van der Waals surface area contributed by atoms with Gasteiger partial charge in [-0.15, -0.1) is 0 Å². The Balaban J connectivity index is 2.08. The monoisotopic (exact) mass is 332 g/mol. The standard InChI is InChI=1S/C13H17ClN2O2S2/c14-12-8-10(13(15)19)2-3-11(12)9-16-4-1-6-20(17,18)7-5-16/h2-3,8H,1,4-7,9H2,(H2,15,19). The summed E-state index contributed by atoms with van der Waals surface area (Å²) in [7, 11) is -2.88. The molecule has 0 radical (unpaired) electrons. The molecule has 1 fully saturated rings. The Labute approximate surface area is 129 Å². The van der Waals surface area contributed by atoms with Crippen molar-refractivity contribution < 1.29 is 8.42 Å². The van der Waals surface area contributed by atoms with Crippen LogP contribution in [0.4, 0.5) is 0 Å². The second-order valence-corrected chi connectivity index (χ2v) is 8.10. The van der Waals surface area contributed by atoms with E-state index in [4.69, 9.17) is 29.6 Å². The van der Waals surface area contributed by atoms with Gasteiger partial charge in [0.1, 0.15) is 4.99 Å². The number of hydrogen-bond donors (Lipinski definition) is 1. The lowest BCUT2D eigenvalue weighted by atomic mass is 10.1. The molecule has 4 nitrogen and oxygen atoms in total. The lowest BCUT2D eigenvalue weighted by Crippen LogP contribution is -2.26. The summed E-state index contributed by atoms with van der Waals surface area (Å²) in [4.78, 5) is 2.44. The summed E-state index contributed by atoms with van der Waals surface area (Å²) in [5.74, 6) is 0.493. The molecule has 0 spiro atoms. The maximum Gasteiger partial charge on any atom is 0.151 e. The van der Waals surface area contributed by atoms with Crippen molar-refractivity contribution in [2.24, 2.45) is 5.73 Å². The third kappa shape index (κ3) is 4.15. The van der Waals surface area contributed by atoms with Gasteiger partial charge in [-0.25, -0.2) is 8.42 Å². The Morgan fingerprint density at radius 2 is 2.10 bits per heavy atom. The molecule has 7 heteroatoms. The third-order valence-electron chi connectivity index (χ3n) is 3.38. The molecule has 1 heterocycles. The zero-order valence-electron chi connectivity index (χ0n) is 11.0. The first-order valence-electron chi connectivity index (χ1n) is 6.38. The van der Waals surface area contributed by atoms with Gasteiger partial charge in [-0.2, -0.15) is 0 Å². The highest BCUT2D eigenvalue weighted by Crippen LogP contribution is 2.20. The zero-order chi connectivity index (χ0) is 14.8. The molecule has 1 aliphatic heterocycles. The van der Waals surface area contributed by atoms with E-state index < -0.39 is 9.84 Å². The Morgan fingerprint density at radius 3 is 2.75 bits per heavy atom. The van der Waals surface area contributed by atoms with Crippen molar-refractivity contribution in [1.82, 2.24) is 4.90 Å². The Kier molecular flexibility index (Phi) is 5.01. The quantitative estimate of drug-likeness (QED) is 0.852. The Hall–Kier alpha value is -0.690. The highest BCUT2D eigenvalue weighted by atomic mass is 35.5. The molecule has 1 aromatic rings. The number of sulfone groups is 1. The summed E-state index contributed by atoms with van der Waals surface area (Å²) in [5, 5.41) is 0.613. The molecule has 110 valence electrons. The normalized spacial score (nSPS) is 19.4. The first-order valence-corrected chi connectivity index (χ1v) is 8.99. The number of benzene rings is 1. The molecule has 0 atom stereocenters. The molecule has 0 aromatic heterocycles. The SMILES string of the molecule is NC(=S)c1ccc(CN2CCCS(=O)(=O)CC2)c(Cl)c1. The average molecular weight is 333 g/mol. The second-order valence-electron chi connectivity index (χ2n) is 4.95. The predicted molar refractivity (Wildman–Crippen MR) is 85.9 cm³/mol. The van der Waals surface area contributed by atoms with E-state index in [0.29, 0.717) is 29.5 Å². The smallest absolute Gasteiger partial charge is 0.151 e. The van der Waals surface area contributed by atoms with Crippen LogP contribution in [0.2, 0.25) is 5.02 Å². The van der Waals surface area contributed by atoms with Gasteiger partial charge in [-0.05, 0) is 24.6 Å². The van der Waals surface area contributed by atoms with E-state index in [9.17, 15) is 8.42 Å². The lowest BCUT2D eigenvalue weighted by Gasteiger charge is -2.20. The van der Waals surface area contributed by atoms with E-state index in [2.05, 4.69) is 4.90 Å². The maximum atomic E-state index is 11.6. The van der Waals surface area contributed by atoms with Crippen LogP contribution in [0.3, 0.4) is 0 Å². The summed E-state index contributed by atoms with van der Waals surface area (Å²) in [5.41, 5.74) is 7.27. The van der Waals surface area contributed by atoms with Crippen molar-refractivity contribution in [2.45, 2.75) is 13.0 Å². The molecule has 2 rings (SSSR count). The van der Waals surface area contributed by atoms with Crippen LogP contribution < -0.4 is 5.73 Å².